The average Bonchev–Trinajstić information content (AvgIpc) is 2.41. The molecule has 1 aromatic carbocycles. The molecule has 1 aliphatic heterocycles. The van der Waals surface area contributed by atoms with E-state index in [-0.39, 0.29) is 0 Å². The fourth-order valence-electron chi connectivity index (χ4n) is 2.51. The lowest BCUT2D eigenvalue weighted by Gasteiger charge is -2.34. The van der Waals surface area contributed by atoms with Gasteiger partial charge in [-0.1, -0.05) is 12.2 Å². The van der Waals surface area contributed by atoms with Crippen LogP contribution in [0.2, 0.25) is 0 Å². The van der Waals surface area contributed by atoms with Gasteiger partial charge in [0.2, 0.25) is 0 Å². The molecule has 0 bridgehead atoms. The summed E-state index contributed by atoms with van der Waals surface area (Å²) in [6.07, 6.45) is 8.69. The van der Waals surface area contributed by atoms with Crippen LogP contribution in [0.25, 0.3) is 0 Å². The SMILES string of the molecule is Cc1cc2c(cc1I)NC(C1CC=CCC1)NS2. The van der Waals surface area contributed by atoms with Crippen LogP contribution in [0.3, 0.4) is 0 Å². The van der Waals surface area contributed by atoms with Crippen LogP contribution < -0.4 is 10.0 Å². The second-order valence-corrected chi connectivity index (χ2v) is 7.03. The summed E-state index contributed by atoms with van der Waals surface area (Å²) in [4.78, 5) is 1.32. The number of rotatable bonds is 1. The second-order valence-electron chi connectivity index (χ2n) is 4.98. The number of aryl methyl sites for hydroxylation is 1. The van der Waals surface area contributed by atoms with Crippen molar-refractivity contribution in [2.45, 2.75) is 37.2 Å². The highest BCUT2D eigenvalue weighted by atomic mass is 127. The summed E-state index contributed by atoms with van der Waals surface area (Å²) in [6, 6.07) is 4.53. The molecule has 0 fully saturated rings. The normalized spacial score (nSPS) is 26.6. The number of nitrogens with one attached hydrogen (secondary N) is 2. The van der Waals surface area contributed by atoms with E-state index in [2.05, 4.69) is 63.8 Å². The van der Waals surface area contributed by atoms with Crippen molar-refractivity contribution in [2.24, 2.45) is 5.92 Å². The third-order valence-electron chi connectivity index (χ3n) is 3.65. The lowest BCUT2D eigenvalue weighted by Crippen LogP contribution is -2.41. The predicted octanol–water partition coefficient (Wildman–Crippen LogP) is 4.30. The molecule has 2 nitrogen and oxygen atoms in total. The van der Waals surface area contributed by atoms with Crippen LogP contribution in [0.5, 0.6) is 0 Å². The quantitative estimate of drug-likeness (QED) is 0.437. The molecule has 1 aromatic rings. The fraction of sp³-hybridized carbons (Fsp3) is 0.429. The first-order chi connectivity index (χ1) is 8.74. The summed E-state index contributed by atoms with van der Waals surface area (Å²) in [7, 11) is 0. The molecule has 96 valence electrons. The highest BCUT2D eigenvalue weighted by Crippen LogP contribution is 2.36. The molecule has 2 aliphatic rings. The predicted molar refractivity (Wildman–Crippen MR) is 86.8 cm³/mol. The van der Waals surface area contributed by atoms with E-state index >= 15 is 0 Å². The van der Waals surface area contributed by atoms with Gasteiger partial charge in [0.1, 0.15) is 0 Å². The van der Waals surface area contributed by atoms with Gasteiger partial charge >= 0.3 is 0 Å². The van der Waals surface area contributed by atoms with E-state index in [4.69, 9.17) is 0 Å². The Labute approximate surface area is 126 Å². The maximum Gasteiger partial charge on any atom is 0.0894 e. The van der Waals surface area contributed by atoms with Gasteiger partial charge in [0.05, 0.1) is 11.9 Å². The maximum absolute atomic E-state index is 3.66. The van der Waals surface area contributed by atoms with Gasteiger partial charge in [0.25, 0.3) is 0 Å². The molecule has 4 heteroatoms. The largest absolute Gasteiger partial charge is 0.368 e. The molecule has 1 aliphatic carbocycles. The van der Waals surface area contributed by atoms with E-state index in [0.717, 1.165) is 0 Å². The molecule has 2 unspecified atom stereocenters. The first kappa shape index (κ1) is 12.8. The first-order valence-corrected chi connectivity index (χ1v) is 8.27. The number of hydrogen-bond donors (Lipinski definition) is 2. The Morgan fingerprint density at radius 2 is 2.22 bits per heavy atom. The van der Waals surface area contributed by atoms with Crippen LogP contribution >= 0.6 is 34.5 Å². The average molecular weight is 372 g/mol. The number of allylic oxidation sites excluding steroid dienone is 2. The zero-order valence-corrected chi connectivity index (χ0v) is 13.3. The third-order valence-corrected chi connectivity index (χ3v) is 5.74. The Morgan fingerprint density at radius 1 is 1.33 bits per heavy atom. The van der Waals surface area contributed by atoms with Crippen molar-refractivity contribution in [1.29, 1.82) is 0 Å². The van der Waals surface area contributed by atoms with Crippen LogP contribution in [0.4, 0.5) is 5.69 Å². The molecule has 0 saturated heterocycles. The molecule has 18 heavy (non-hydrogen) atoms. The van der Waals surface area contributed by atoms with Gasteiger partial charge in [-0.25, -0.2) is 4.72 Å². The Bertz CT molecular complexity index is 487. The Morgan fingerprint density at radius 3 is 3.00 bits per heavy atom. The van der Waals surface area contributed by atoms with Gasteiger partial charge in [0, 0.05) is 8.47 Å². The van der Waals surface area contributed by atoms with Crippen LogP contribution in [0.1, 0.15) is 24.8 Å². The maximum atomic E-state index is 3.66. The minimum atomic E-state index is 0.394. The third kappa shape index (κ3) is 2.56. The van der Waals surface area contributed by atoms with Gasteiger partial charge in [0.15, 0.2) is 0 Å². The van der Waals surface area contributed by atoms with E-state index in [1.165, 1.54) is 39.0 Å². The Hall–Kier alpha value is -0.200. The molecule has 0 saturated carbocycles. The number of halogens is 1. The number of hydrogen-bond acceptors (Lipinski definition) is 3. The van der Waals surface area contributed by atoms with E-state index in [1.54, 1.807) is 11.9 Å². The highest BCUT2D eigenvalue weighted by molar-refractivity contribution is 14.1. The van der Waals surface area contributed by atoms with Gasteiger partial charge in [-0.2, -0.15) is 0 Å². The van der Waals surface area contributed by atoms with Gasteiger partial charge in [-0.3, -0.25) is 0 Å². The summed E-state index contributed by atoms with van der Waals surface area (Å²) >= 11 is 4.18. The molecule has 2 atom stereocenters. The van der Waals surface area contributed by atoms with E-state index in [0.29, 0.717) is 12.1 Å². The van der Waals surface area contributed by atoms with Crippen LogP contribution in [-0.4, -0.2) is 6.17 Å². The highest BCUT2D eigenvalue weighted by Gasteiger charge is 2.26. The summed E-state index contributed by atoms with van der Waals surface area (Å²) in [6.45, 7) is 2.17. The molecular formula is C14H17IN2S. The van der Waals surface area contributed by atoms with Crippen molar-refractivity contribution in [3.63, 3.8) is 0 Å². The molecule has 0 spiro atoms. The second kappa shape index (κ2) is 5.43. The summed E-state index contributed by atoms with van der Waals surface area (Å²) in [5, 5.41) is 3.66. The summed E-state index contributed by atoms with van der Waals surface area (Å²) in [5.41, 5.74) is 2.64. The molecule has 0 radical (unpaired) electrons. The van der Waals surface area contributed by atoms with Crippen LogP contribution in [0.15, 0.2) is 29.2 Å². The lowest BCUT2D eigenvalue weighted by molar-refractivity contribution is 0.398. The standard InChI is InChI=1S/C14H17IN2S/c1-9-7-13-12(8-11(9)15)16-14(17-18-13)10-5-3-2-4-6-10/h2-3,7-8,10,14,16-17H,4-6H2,1H3. The van der Waals surface area contributed by atoms with Gasteiger partial charge in [-0.15, -0.1) is 0 Å². The summed E-state index contributed by atoms with van der Waals surface area (Å²) < 4.78 is 4.90. The smallest absolute Gasteiger partial charge is 0.0894 e. The molecule has 1 heterocycles. The molecule has 0 aromatic heterocycles. The van der Waals surface area contributed by atoms with Crippen molar-refractivity contribution >= 4 is 40.2 Å². The number of fused-ring (bicyclic) bond motifs is 1. The van der Waals surface area contributed by atoms with E-state index in [1.807, 2.05) is 0 Å². The van der Waals surface area contributed by atoms with Crippen molar-refractivity contribution < 1.29 is 0 Å². The number of benzene rings is 1. The van der Waals surface area contributed by atoms with Gasteiger partial charge < -0.3 is 5.32 Å². The monoisotopic (exact) mass is 372 g/mol. The summed E-state index contributed by atoms with van der Waals surface area (Å²) in [5.74, 6) is 0.703. The minimum Gasteiger partial charge on any atom is -0.368 e. The topological polar surface area (TPSA) is 24.1 Å². The molecule has 3 rings (SSSR count). The number of anilines is 1. The van der Waals surface area contributed by atoms with Crippen LogP contribution in [-0.2, 0) is 0 Å². The van der Waals surface area contributed by atoms with Crippen molar-refractivity contribution in [3.8, 4) is 0 Å². The fourth-order valence-corrected chi connectivity index (χ4v) is 3.95. The van der Waals surface area contributed by atoms with Crippen molar-refractivity contribution in [1.82, 2.24) is 4.72 Å². The molecule has 2 N–H and O–H groups in total. The first-order valence-electron chi connectivity index (χ1n) is 6.38. The molecule has 0 amide bonds. The Kier molecular flexibility index (Phi) is 3.86. The molecular weight excluding hydrogens is 355 g/mol. The lowest BCUT2D eigenvalue weighted by atomic mass is 9.91. The van der Waals surface area contributed by atoms with Crippen LogP contribution in [0, 0.1) is 16.4 Å². The van der Waals surface area contributed by atoms with Crippen molar-refractivity contribution in [3.05, 3.63) is 33.4 Å². The zero-order valence-electron chi connectivity index (χ0n) is 10.4. The van der Waals surface area contributed by atoms with E-state index < -0.39 is 0 Å². The Balaban J connectivity index is 1.80. The van der Waals surface area contributed by atoms with E-state index in [9.17, 15) is 0 Å². The zero-order chi connectivity index (χ0) is 12.5. The van der Waals surface area contributed by atoms with Gasteiger partial charge in [-0.05, 0) is 84.3 Å². The minimum absolute atomic E-state index is 0.394. The van der Waals surface area contributed by atoms with Crippen molar-refractivity contribution in [2.75, 3.05) is 5.32 Å².